The number of carbonyl (C=O) groups excluding carboxylic acids is 3. The van der Waals surface area contributed by atoms with Gasteiger partial charge in [-0.2, -0.15) is 0 Å². The van der Waals surface area contributed by atoms with Crippen molar-refractivity contribution in [3.05, 3.63) is 104 Å². The van der Waals surface area contributed by atoms with Crippen LogP contribution in [-0.2, 0) is 16.0 Å². The third kappa shape index (κ3) is 5.31. The number of benzene rings is 3. The summed E-state index contributed by atoms with van der Waals surface area (Å²) in [4.78, 5) is 39.4. The molecule has 3 aromatic carbocycles. The van der Waals surface area contributed by atoms with Gasteiger partial charge in [-0.1, -0.05) is 48.0 Å². The van der Waals surface area contributed by atoms with Crippen LogP contribution >= 0.6 is 34.2 Å². The van der Waals surface area contributed by atoms with E-state index in [0.29, 0.717) is 17.7 Å². The average molecular weight is 586 g/mol. The fourth-order valence-corrected chi connectivity index (χ4v) is 4.46. The summed E-state index contributed by atoms with van der Waals surface area (Å²) in [6.45, 7) is 2.15. The number of nitrogens with one attached hydrogen (secondary N) is 2. The molecule has 1 heterocycles. The van der Waals surface area contributed by atoms with Crippen molar-refractivity contribution in [3.63, 3.8) is 0 Å². The highest BCUT2D eigenvalue weighted by molar-refractivity contribution is 14.1. The van der Waals surface area contributed by atoms with E-state index in [1.165, 1.54) is 0 Å². The molecule has 0 unspecified atom stereocenters. The maximum Gasteiger partial charge on any atom is 0.278 e. The highest BCUT2D eigenvalue weighted by Gasteiger charge is 2.37. The Hall–Kier alpha value is -3.17. The van der Waals surface area contributed by atoms with Crippen molar-refractivity contribution < 1.29 is 14.4 Å². The van der Waals surface area contributed by atoms with Crippen molar-refractivity contribution in [2.75, 3.05) is 17.2 Å². The number of aryl methyl sites for hydroxylation is 1. The van der Waals surface area contributed by atoms with Gasteiger partial charge in [0.1, 0.15) is 10.7 Å². The normalized spacial score (nSPS) is 13.4. The first-order valence-electron chi connectivity index (χ1n) is 10.6. The molecule has 34 heavy (non-hydrogen) atoms. The molecule has 4 rings (SSSR count). The highest BCUT2D eigenvalue weighted by atomic mass is 127. The molecule has 0 bridgehead atoms. The molecule has 1 aliphatic heterocycles. The fraction of sp³-hybridized carbons (Fsp3) is 0.115. The molecule has 6 nitrogen and oxygen atoms in total. The van der Waals surface area contributed by atoms with Crippen LogP contribution < -0.4 is 10.6 Å². The van der Waals surface area contributed by atoms with Crippen LogP contribution in [0.4, 0.5) is 11.4 Å². The lowest BCUT2D eigenvalue weighted by molar-refractivity contribution is -0.137. The van der Waals surface area contributed by atoms with Crippen molar-refractivity contribution in [1.29, 1.82) is 0 Å². The van der Waals surface area contributed by atoms with Crippen molar-refractivity contribution in [2.45, 2.75) is 13.3 Å². The van der Waals surface area contributed by atoms with Gasteiger partial charge in [-0.15, -0.1) is 0 Å². The zero-order chi connectivity index (χ0) is 24.2. The van der Waals surface area contributed by atoms with Crippen molar-refractivity contribution in [3.8, 4) is 0 Å². The van der Waals surface area contributed by atoms with Crippen LogP contribution in [0.25, 0.3) is 0 Å². The van der Waals surface area contributed by atoms with Crippen molar-refractivity contribution in [2.24, 2.45) is 0 Å². The van der Waals surface area contributed by atoms with Crippen LogP contribution in [0.15, 0.2) is 83.5 Å². The number of amides is 3. The molecule has 1 aliphatic rings. The molecule has 0 saturated heterocycles. The molecular weight excluding hydrogens is 565 g/mol. The minimum atomic E-state index is -0.534. The zero-order valence-electron chi connectivity index (χ0n) is 18.3. The summed E-state index contributed by atoms with van der Waals surface area (Å²) in [6, 6.07) is 22.0. The lowest BCUT2D eigenvalue weighted by Gasteiger charge is -2.15. The molecule has 3 amide bonds. The van der Waals surface area contributed by atoms with Gasteiger partial charge < -0.3 is 10.6 Å². The van der Waals surface area contributed by atoms with Crippen molar-refractivity contribution >= 4 is 63.3 Å². The second-order valence-corrected chi connectivity index (χ2v) is 9.43. The van der Waals surface area contributed by atoms with E-state index in [1.54, 1.807) is 24.3 Å². The Labute approximate surface area is 216 Å². The Balaban J connectivity index is 1.46. The smallest absolute Gasteiger partial charge is 0.278 e. The van der Waals surface area contributed by atoms with Gasteiger partial charge in [-0.3, -0.25) is 19.3 Å². The first kappa shape index (κ1) is 24.0. The van der Waals surface area contributed by atoms with E-state index in [1.807, 2.05) is 55.5 Å². The Morgan fingerprint density at radius 3 is 2.47 bits per heavy atom. The number of rotatable bonds is 7. The SMILES string of the molecule is Cc1cc(I)ccc1NC(=O)c1cccc(NC2=C(Cl)C(=O)N(CCc3ccccc3)C2=O)c1. The molecule has 3 aromatic rings. The standard InChI is InChI=1S/C26H21ClIN3O3/c1-16-14-19(28)10-11-21(16)30-24(32)18-8-5-9-20(15-18)29-23-22(27)25(33)31(26(23)34)13-12-17-6-3-2-4-7-17/h2-11,14-15,29H,12-13H2,1H3,(H,30,32). The summed E-state index contributed by atoms with van der Waals surface area (Å²) in [5.41, 5.74) is 3.58. The summed E-state index contributed by atoms with van der Waals surface area (Å²) in [5, 5.41) is 5.67. The molecule has 0 atom stereocenters. The van der Waals surface area contributed by atoms with Gasteiger partial charge in [0.05, 0.1) is 0 Å². The lowest BCUT2D eigenvalue weighted by Crippen LogP contribution is -2.34. The van der Waals surface area contributed by atoms with Gasteiger partial charge in [0.2, 0.25) is 0 Å². The van der Waals surface area contributed by atoms with Crippen LogP contribution in [0, 0.1) is 10.5 Å². The number of anilines is 2. The maximum absolute atomic E-state index is 12.9. The lowest BCUT2D eigenvalue weighted by atomic mass is 10.1. The first-order chi connectivity index (χ1) is 16.3. The van der Waals surface area contributed by atoms with Gasteiger partial charge in [-0.05, 0) is 83.5 Å². The van der Waals surface area contributed by atoms with Crippen LogP contribution in [-0.4, -0.2) is 29.2 Å². The number of carbonyl (C=O) groups is 3. The van der Waals surface area contributed by atoms with Crippen molar-refractivity contribution in [1.82, 2.24) is 4.90 Å². The Morgan fingerprint density at radius 2 is 1.74 bits per heavy atom. The topological polar surface area (TPSA) is 78.5 Å². The number of halogens is 2. The predicted molar refractivity (Wildman–Crippen MR) is 142 cm³/mol. The average Bonchev–Trinajstić information content (AvgIpc) is 3.03. The van der Waals surface area contributed by atoms with Crippen LogP contribution in [0.3, 0.4) is 0 Å². The summed E-state index contributed by atoms with van der Waals surface area (Å²) in [5.74, 6) is -1.31. The second kappa shape index (κ2) is 10.4. The van der Waals surface area contributed by atoms with Gasteiger partial charge in [0.15, 0.2) is 0 Å². The van der Waals surface area contributed by atoms with E-state index in [2.05, 4.69) is 33.2 Å². The minimum absolute atomic E-state index is 0.00534. The van der Waals surface area contributed by atoms with E-state index in [4.69, 9.17) is 11.6 Å². The third-order valence-electron chi connectivity index (χ3n) is 5.41. The molecule has 0 radical (unpaired) electrons. The largest absolute Gasteiger partial charge is 0.350 e. The molecular formula is C26H21ClIN3O3. The Kier molecular flexibility index (Phi) is 7.33. The molecule has 8 heteroatoms. The van der Waals surface area contributed by atoms with E-state index >= 15 is 0 Å². The molecule has 0 aromatic heterocycles. The summed E-state index contributed by atoms with van der Waals surface area (Å²) in [7, 11) is 0. The minimum Gasteiger partial charge on any atom is -0.350 e. The monoisotopic (exact) mass is 585 g/mol. The summed E-state index contributed by atoms with van der Waals surface area (Å²) >= 11 is 8.43. The second-order valence-electron chi connectivity index (χ2n) is 7.81. The highest BCUT2D eigenvalue weighted by Crippen LogP contribution is 2.26. The Morgan fingerprint density at radius 1 is 0.971 bits per heavy atom. The number of nitrogens with zero attached hydrogens (tertiary/aromatic N) is 1. The van der Waals surface area contributed by atoms with E-state index < -0.39 is 11.8 Å². The molecule has 0 spiro atoms. The molecule has 172 valence electrons. The van der Waals surface area contributed by atoms with Gasteiger partial charge >= 0.3 is 0 Å². The van der Waals surface area contributed by atoms with Gasteiger partial charge in [-0.25, -0.2) is 0 Å². The predicted octanol–water partition coefficient (Wildman–Crippen LogP) is 5.33. The quantitative estimate of drug-likeness (QED) is 0.290. The van der Waals surface area contributed by atoms with Gasteiger partial charge in [0, 0.05) is 27.1 Å². The van der Waals surface area contributed by atoms with Gasteiger partial charge in [0.25, 0.3) is 17.7 Å². The Bertz CT molecular complexity index is 1310. The van der Waals surface area contributed by atoms with Crippen LogP contribution in [0.2, 0.25) is 0 Å². The maximum atomic E-state index is 12.9. The molecule has 0 aliphatic carbocycles. The first-order valence-corrected chi connectivity index (χ1v) is 12.0. The summed E-state index contributed by atoms with van der Waals surface area (Å²) in [6.07, 6.45) is 0.531. The third-order valence-corrected chi connectivity index (χ3v) is 6.43. The number of hydrogen-bond acceptors (Lipinski definition) is 4. The fourth-order valence-electron chi connectivity index (χ4n) is 3.59. The van der Waals surface area contributed by atoms with Crippen LogP contribution in [0.5, 0.6) is 0 Å². The zero-order valence-corrected chi connectivity index (χ0v) is 21.2. The van der Waals surface area contributed by atoms with Crippen LogP contribution in [0.1, 0.15) is 21.5 Å². The van der Waals surface area contributed by atoms with E-state index in [9.17, 15) is 14.4 Å². The molecule has 2 N–H and O–H groups in total. The van der Waals surface area contributed by atoms with E-state index in [0.717, 1.165) is 25.3 Å². The number of hydrogen-bond donors (Lipinski definition) is 2. The van der Waals surface area contributed by atoms with E-state index in [-0.39, 0.29) is 23.2 Å². The number of imide groups is 1. The molecule has 0 fully saturated rings. The summed E-state index contributed by atoms with van der Waals surface area (Å²) < 4.78 is 1.08. The molecule has 0 saturated carbocycles.